The van der Waals surface area contributed by atoms with Crippen molar-refractivity contribution in [2.24, 2.45) is 0 Å². The molecule has 1 aliphatic rings. The predicted molar refractivity (Wildman–Crippen MR) is 111 cm³/mol. The Labute approximate surface area is 175 Å². The number of hydrogen-bond acceptors (Lipinski definition) is 4. The number of amides is 1. The van der Waals surface area contributed by atoms with E-state index in [-0.39, 0.29) is 22.2 Å². The van der Waals surface area contributed by atoms with Gasteiger partial charge >= 0.3 is 0 Å². The van der Waals surface area contributed by atoms with E-state index in [0.717, 1.165) is 15.6 Å². The Morgan fingerprint density at radius 3 is 2.67 bits per heavy atom. The van der Waals surface area contributed by atoms with Crippen LogP contribution in [0.5, 0.6) is 0 Å². The lowest BCUT2D eigenvalue weighted by molar-refractivity contribution is -0.150. The summed E-state index contributed by atoms with van der Waals surface area (Å²) in [6.45, 7) is 0.575. The molecular formula is C19H16BrCl2N3O2. The van der Waals surface area contributed by atoms with E-state index >= 15 is 0 Å². The average Bonchev–Trinajstić information content (AvgIpc) is 2.65. The molecule has 0 radical (unpaired) electrons. The van der Waals surface area contributed by atoms with E-state index in [0.29, 0.717) is 17.7 Å². The Morgan fingerprint density at radius 2 is 2.04 bits per heavy atom. The van der Waals surface area contributed by atoms with Gasteiger partial charge in [0, 0.05) is 29.5 Å². The van der Waals surface area contributed by atoms with Gasteiger partial charge in [-0.2, -0.15) is 0 Å². The van der Waals surface area contributed by atoms with E-state index in [2.05, 4.69) is 21.2 Å². The first-order valence-electron chi connectivity index (χ1n) is 8.04. The summed E-state index contributed by atoms with van der Waals surface area (Å²) in [6, 6.07) is 9.03. The fourth-order valence-electron chi connectivity index (χ4n) is 2.82. The van der Waals surface area contributed by atoms with Crippen molar-refractivity contribution < 1.29 is 9.63 Å². The van der Waals surface area contributed by atoms with Crippen molar-refractivity contribution in [3.63, 3.8) is 0 Å². The number of fused-ring (bicyclic) bond motifs is 1. The van der Waals surface area contributed by atoms with Crippen molar-refractivity contribution in [2.45, 2.75) is 13.2 Å². The van der Waals surface area contributed by atoms with Crippen molar-refractivity contribution >= 4 is 56.8 Å². The molecule has 0 spiro atoms. The van der Waals surface area contributed by atoms with E-state index in [1.54, 1.807) is 25.4 Å². The summed E-state index contributed by atoms with van der Waals surface area (Å²) in [6.07, 6.45) is 2.83. The Balaban J connectivity index is 1.92. The number of hydrogen-bond donors (Lipinski definition) is 2. The Morgan fingerprint density at radius 1 is 1.33 bits per heavy atom. The maximum atomic E-state index is 13.0. The molecule has 0 fully saturated rings. The molecule has 0 saturated heterocycles. The minimum atomic E-state index is -0.406. The molecule has 0 bridgehead atoms. The number of carbonyl (C=O) groups is 1. The van der Waals surface area contributed by atoms with Gasteiger partial charge in [0.25, 0.3) is 5.91 Å². The highest BCUT2D eigenvalue weighted by molar-refractivity contribution is 9.10. The fourth-order valence-corrected chi connectivity index (χ4v) is 3.99. The van der Waals surface area contributed by atoms with Crippen molar-refractivity contribution in [3.05, 3.63) is 73.3 Å². The largest absolute Gasteiger partial charge is 0.393 e. The minimum absolute atomic E-state index is 0.175. The molecule has 1 heterocycles. The smallest absolute Gasteiger partial charge is 0.280 e. The number of nitrogens with zero attached hydrogens (tertiary/aromatic N) is 1. The molecule has 2 N–H and O–H groups in total. The van der Waals surface area contributed by atoms with Gasteiger partial charge in [-0.25, -0.2) is 5.06 Å². The van der Waals surface area contributed by atoms with E-state index in [9.17, 15) is 4.79 Å². The van der Waals surface area contributed by atoms with Gasteiger partial charge in [-0.05, 0) is 34.9 Å². The van der Waals surface area contributed by atoms with Crippen molar-refractivity contribution in [2.75, 3.05) is 7.05 Å². The molecule has 8 heteroatoms. The van der Waals surface area contributed by atoms with Gasteiger partial charge in [0.05, 0.1) is 22.2 Å². The van der Waals surface area contributed by atoms with Gasteiger partial charge in [-0.15, -0.1) is 0 Å². The van der Waals surface area contributed by atoms with Crippen LogP contribution in [0.1, 0.15) is 27.0 Å². The second kappa shape index (κ2) is 8.44. The van der Waals surface area contributed by atoms with Crippen molar-refractivity contribution in [3.8, 4) is 0 Å². The highest BCUT2D eigenvalue weighted by atomic mass is 79.9. The summed E-state index contributed by atoms with van der Waals surface area (Å²) in [5, 5.41) is 12.0. The Hall–Kier alpha value is -1.86. The number of carbonyl (C=O) groups excluding carboxylic acids is 1. The second-order valence-electron chi connectivity index (χ2n) is 5.84. The van der Waals surface area contributed by atoms with Crippen LogP contribution in [0.15, 0.2) is 41.0 Å². The summed E-state index contributed by atoms with van der Waals surface area (Å²) < 4.78 is 0.947. The highest BCUT2D eigenvalue weighted by Gasteiger charge is 2.27. The van der Waals surface area contributed by atoms with Gasteiger partial charge < -0.3 is 10.7 Å². The molecule has 0 atom stereocenters. The van der Waals surface area contributed by atoms with Crippen LogP contribution in [0.25, 0.3) is 5.57 Å². The van der Waals surface area contributed by atoms with Crippen LogP contribution in [0.3, 0.4) is 0 Å². The van der Waals surface area contributed by atoms with Gasteiger partial charge in [0.15, 0.2) is 0 Å². The number of halogens is 3. The monoisotopic (exact) mass is 467 g/mol. The van der Waals surface area contributed by atoms with E-state index in [4.69, 9.17) is 33.4 Å². The van der Waals surface area contributed by atoms with Gasteiger partial charge in [-0.3, -0.25) is 9.63 Å². The molecule has 27 heavy (non-hydrogen) atoms. The minimum Gasteiger partial charge on any atom is -0.393 e. The van der Waals surface area contributed by atoms with E-state index in [1.807, 2.05) is 18.2 Å². The fraction of sp³-hybridized carbons (Fsp3) is 0.158. The molecule has 2 aromatic rings. The maximum Gasteiger partial charge on any atom is 0.280 e. The molecule has 1 amide bonds. The number of hydroxylamine groups is 2. The Kier molecular flexibility index (Phi) is 6.22. The van der Waals surface area contributed by atoms with Crippen LogP contribution < -0.4 is 5.32 Å². The molecule has 2 aromatic carbocycles. The van der Waals surface area contributed by atoms with Crippen LogP contribution in [0.4, 0.5) is 0 Å². The van der Waals surface area contributed by atoms with Gasteiger partial charge in [0.2, 0.25) is 0 Å². The third-order valence-electron chi connectivity index (χ3n) is 4.17. The zero-order valence-electron chi connectivity index (χ0n) is 14.4. The van der Waals surface area contributed by atoms with Gasteiger partial charge in [-0.1, -0.05) is 51.3 Å². The Bertz CT molecular complexity index is 924. The third kappa shape index (κ3) is 4.04. The van der Waals surface area contributed by atoms with Crippen LogP contribution in [0, 0.1) is 5.41 Å². The molecule has 5 nitrogen and oxygen atoms in total. The zero-order valence-corrected chi connectivity index (χ0v) is 17.5. The second-order valence-corrected chi connectivity index (χ2v) is 7.51. The highest BCUT2D eigenvalue weighted by Crippen LogP contribution is 2.33. The first-order chi connectivity index (χ1) is 13.0. The van der Waals surface area contributed by atoms with Crippen LogP contribution in [-0.4, -0.2) is 24.2 Å². The lowest BCUT2D eigenvalue weighted by atomic mass is 10.0. The molecule has 0 aromatic heterocycles. The number of benzene rings is 2. The first kappa shape index (κ1) is 19.9. The molecule has 0 saturated carbocycles. The number of rotatable bonds is 4. The average molecular weight is 469 g/mol. The molecular weight excluding hydrogens is 453 g/mol. The molecule has 1 aliphatic heterocycles. The van der Waals surface area contributed by atoms with Gasteiger partial charge in [0.1, 0.15) is 6.61 Å². The lowest BCUT2D eigenvalue weighted by Gasteiger charge is -2.29. The van der Waals surface area contributed by atoms with E-state index < -0.39 is 5.91 Å². The summed E-state index contributed by atoms with van der Waals surface area (Å²) >= 11 is 16.2. The third-order valence-corrected chi connectivity index (χ3v) is 5.50. The summed E-state index contributed by atoms with van der Waals surface area (Å²) in [5.74, 6) is -0.406. The predicted octanol–water partition coefficient (Wildman–Crippen LogP) is 5.05. The quantitative estimate of drug-likeness (QED) is 0.616. The van der Waals surface area contributed by atoms with E-state index in [1.165, 1.54) is 11.3 Å². The zero-order chi connectivity index (χ0) is 19.6. The molecule has 140 valence electrons. The summed E-state index contributed by atoms with van der Waals surface area (Å²) in [7, 11) is 1.73. The van der Waals surface area contributed by atoms with Crippen molar-refractivity contribution in [1.29, 1.82) is 5.41 Å². The number of allylic oxidation sites excluding steroid dienone is 1. The topological polar surface area (TPSA) is 65.4 Å². The first-order valence-corrected chi connectivity index (χ1v) is 9.59. The molecule has 0 unspecified atom stereocenters. The molecule has 0 aliphatic carbocycles. The lowest BCUT2D eigenvalue weighted by Crippen LogP contribution is -2.34. The summed E-state index contributed by atoms with van der Waals surface area (Å²) in [5.41, 5.74) is 3.42. The molecule has 3 rings (SSSR count). The van der Waals surface area contributed by atoms with Crippen LogP contribution >= 0.6 is 39.1 Å². The standard InChI is InChI=1S/C19H16BrCl2N3O2/c1-24-8-13(7-23)12-5-16(21)18(17(22)6-12)19(26)25-9-11-3-2-4-15(20)14(11)10-27-25/h2-8,23-24H,9-10H2,1H3/b13-8+,23-7?. The van der Waals surface area contributed by atoms with Crippen LogP contribution in [0.2, 0.25) is 10.0 Å². The van der Waals surface area contributed by atoms with Crippen molar-refractivity contribution in [1.82, 2.24) is 10.4 Å². The SMILES string of the molecule is CN/C=C(\C=N)c1cc(Cl)c(C(=O)N2Cc3cccc(Br)c3CO2)c(Cl)c1. The number of nitrogens with one attached hydrogen (secondary N) is 2. The van der Waals surface area contributed by atoms with Crippen LogP contribution in [-0.2, 0) is 18.0 Å². The summed E-state index contributed by atoms with van der Waals surface area (Å²) in [4.78, 5) is 18.6. The maximum absolute atomic E-state index is 13.0. The normalized spacial score (nSPS) is 13.9.